The van der Waals surface area contributed by atoms with Crippen LogP contribution in [0.25, 0.3) is 0 Å². The van der Waals surface area contributed by atoms with Crippen LogP contribution in [0, 0.1) is 0 Å². The zero-order chi connectivity index (χ0) is 58.9. The fraction of sp³-hybridized carbons (Fsp3) is 0.565. The van der Waals surface area contributed by atoms with Gasteiger partial charge in [0, 0.05) is 19.3 Å². The van der Waals surface area contributed by atoms with Crippen molar-refractivity contribution in [3.8, 4) is 0 Å². The Bertz CT molecular complexity index is 2010. The maximum Gasteiger partial charge on any atom is 0.335 e. The van der Waals surface area contributed by atoms with Crippen molar-refractivity contribution in [1.82, 2.24) is 0 Å². The van der Waals surface area contributed by atoms with Crippen LogP contribution in [0.3, 0.4) is 0 Å². The molecule has 1 fully saturated rings. The number of carbonyl (C=O) groups excluding carboxylic acids is 3. The fourth-order valence-electron chi connectivity index (χ4n) is 8.04. The van der Waals surface area contributed by atoms with Crippen LogP contribution in [0.4, 0.5) is 0 Å². The van der Waals surface area contributed by atoms with Gasteiger partial charge in [0.2, 0.25) is 0 Å². The van der Waals surface area contributed by atoms with E-state index in [-0.39, 0.29) is 25.9 Å². The quantitative estimate of drug-likeness (QED) is 0.0228. The van der Waals surface area contributed by atoms with Gasteiger partial charge in [0.05, 0.1) is 6.61 Å². The summed E-state index contributed by atoms with van der Waals surface area (Å²) in [5.41, 5.74) is 0. The Morgan fingerprint density at radius 1 is 0.407 bits per heavy atom. The summed E-state index contributed by atoms with van der Waals surface area (Å²) in [6, 6.07) is 0. The van der Waals surface area contributed by atoms with Gasteiger partial charge in [-0.1, -0.05) is 211 Å². The molecule has 12 heteroatoms. The van der Waals surface area contributed by atoms with Gasteiger partial charge in [0.25, 0.3) is 0 Å². The van der Waals surface area contributed by atoms with Gasteiger partial charge in [-0.05, 0) is 128 Å². The van der Waals surface area contributed by atoms with E-state index in [0.717, 1.165) is 128 Å². The largest absolute Gasteiger partial charge is 0.479 e. The highest BCUT2D eigenvalue weighted by molar-refractivity contribution is 5.74. The number of esters is 3. The SMILES string of the molecule is CC/C=C\C/C=C\C/C=C\C/C=C\C/C=C\CCCC(=O)OCC(COC1OC(C(=O)O)C(O)C(O)C1OC(=O)CCC/C=C\C/C=C\C/C=C\C/C=C\C/C=C\CC)OC(=O)CCCCCCCCC/C=C\C/C=C\C/C=C\CC. The van der Waals surface area contributed by atoms with E-state index in [1.165, 1.54) is 0 Å². The molecule has 0 aromatic carbocycles. The smallest absolute Gasteiger partial charge is 0.335 e. The van der Waals surface area contributed by atoms with Crippen molar-refractivity contribution >= 4 is 23.9 Å². The van der Waals surface area contributed by atoms with Crippen molar-refractivity contribution in [1.29, 1.82) is 0 Å². The minimum Gasteiger partial charge on any atom is -0.479 e. The Morgan fingerprint density at radius 3 is 1.16 bits per heavy atom. The highest BCUT2D eigenvalue weighted by Gasteiger charge is 2.50. The third-order valence-corrected chi connectivity index (χ3v) is 12.6. The summed E-state index contributed by atoms with van der Waals surface area (Å²) in [7, 11) is 0. The van der Waals surface area contributed by atoms with E-state index in [1.54, 1.807) is 0 Å². The second-order valence-corrected chi connectivity index (χ2v) is 19.8. The van der Waals surface area contributed by atoms with Crippen LogP contribution >= 0.6 is 0 Å². The lowest BCUT2D eigenvalue weighted by Crippen LogP contribution is -2.61. The van der Waals surface area contributed by atoms with E-state index < -0.39 is 67.3 Å². The predicted molar refractivity (Wildman–Crippen MR) is 330 cm³/mol. The van der Waals surface area contributed by atoms with Gasteiger partial charge in [-0.15, -0.1) is 0 Å². The molecule has 1 saturated heterocycles. The number of aliphatic carboxylic acids is 1. The van der Waals surface area contributed by atoms with Crippen LogP contribution < -0.4 is 0 Å². The molecular weight excluding hydrogens is 1020 g/mol. The molecule has 0 saturated carbocycles. The Hall–Kier alpha value is -5.66. The highest BCUT2D eigenvalue weighted by Crippen LogP contribution is 2.26. The molecule has 1 aliphatic heterocycles. The van der Waals surface area contributed by atoms with Crippen LogP contribution in [0.5, 0.6) is 0 Å². The van der Waals surface area contributed by atoms with Crippen molar-refractivity contribution in [3.05, 3.63) is 158 Å². The van der Waals surface area contributed by atoms with Crippen molar-refractivity contribution in [2.24, 2.45) is 0 Å². The molecule has 0 amide bonds. The molecule has 0 aromatic heterocycles. The first kappa shape index (κ1) is 73.4. The molecular formula is C69H104O12. The topological polar surface area (TPSA) is 175 Å². The van der Waals surface area contributed by atoms with Crippen LogP contribution in [0.15, 0.2) is 158 Å². The lowest BCUT2D eigenvalue weighted by molar-refractivity contribution is -0.301. The minimum absolute atomic E-state index is 0.0340. The van der Waals surface area contributed by atoms with Crippen LogP contribution in [0.1, 0.15) is 201 Å². The molecule has 12 nitrogen and oxygen atoms in total. The number of carboxylic acids is 1. The Kier molecular flexibility index (Phi) is 49.7. The van der Waals surface area contributed by atoms with Crippen molar-refractivity contribution in [2.75, 3.05) is 13.2 Å². The van der Waals surface area contributed by atoms with Gasteiger partial charge >= 0.3 is 23.9 Å². The van der Waals surface area contributed by atoms with Gasteiger partial charge in [0.15, 0.2) is 24.6 Å². The summed E-state index contributed by atoms with van der Waals surface area (Å²) in [5, 5.41) is 31.5. The summed E-state index contributed by atoms with van der Waals surface area (Å²) in [5.74, 6) is -3.32. The average molecular weight is 1130 g/mol. The number of hydrogen-bond acceptors (Lipinski definition) is 11. The van der Waals surface area contributed by atoms with Gasteiger partial charge in [-0.25, -0.2) is 4.79 Å². The summed E-state index contributed by atoms with van der Waals surface area (Å²) in [6.07, 6.45) is 67.9. The molecule has 0 aliphatic carbocycles. The first-order valence-electron chi connectivity index (χ1n) is 30.5. The zero-order valence-electron chi connectivity index (χ0n) is 49.7. The monoisotopic (exact) mass is 1120 g/mol. The highest BCUT2D eigenvalue weighted by atomic mass is 16.7. The molecule has 3 N–H and O–H groups in total. The summed E-state index contributed by atoms with van der Waals surface area (Å²) >= 11 is 0. The molecule has 6 atom stereocenters. The third-order valence-electron chi connectivity index (χ3n) is 12.6. The maximum absolute atomic E-state index is 13.2. The minimum atomic E-state index is -1.94. The Balaban J connectivity index is 2.78. The summed E-state index contributed by atoms with van der Waals surface area (Å²) in [4.78, 5) is 51.2. The van der Waals surface area contributed by atoms with E-state index in [2.05, 4.69) is 161 Å². The Morgan fingerprint density at radius 2 is 0.753 bits per heavy atom. The predicted octanol–water partition coefficient (Wildman–Crippen LogP) is 16.1. The summed E-state index contributed by atoms with van der Waals surface area (Å²) in [6.45, 7) is 5.56. The molecule has 81 heavy (non-hydrogen) atoms. The normalized spacial score (nSPS) is 18.9. The molecule has 1 rings (SSSR count). The molecule has 452 valence electrons. The average Bonchev–Trinajstić information content (AvgIpc) is 3.53. The van der Waals surface area contributed by atoms with Crippen LogP contribution in [-0.2, 0) is 42.9 Å². The maximum atomic E-state index is 13.2. The number of rotatable bonds is 49. The number of aliphatic hydroxyl groups excluding tert-OH is 2. The van der Waals surface area contributed by atoms with Crippen molar-refractivity contribution in [2.45, 2.75) is 237 Å². The number of carboxylic acid groups (broad SMARTS) is 1. The van der Waals surface area contributed by atoms with E-state index >= 15 is 0 Å². The third kappa shape index (κ3) is 44.7. The second kappa shape index (κ2) is 54.9. The first-order chi connectivity index (χ1) is 39.6. The number of ether oxygens (including phenoxy) is 5. The number of carbonyl (C=O) groups is 4. The molecule has 0 aromatic rings. The van der Waals surface area contributed by atoms with E-state index in [4.69, 9.17) is 23.7 Å². The van der Waals surface area contributed by atoms with Crippen LogP contribution in [-0.4, -0.2) is 89.2 Å². The van der Waals surface area contributed by atoms with Gasteiger partial charge in [0.1, 0.15) is 18.8 Å². The lowest BCUT2D eigenvalue weighted by atomic mass is 9.98. The number of aliphatic hydroxyl groups is 2. The molecule has 0 spiro atoms. The van der Waals surface area contributed by atoms with Gasteiger partial charge in [-0.3, -0.25) is 14.4 Å². The van der Waals surface area contributed by atoms with Gasteiger partial charge in [-0.2, -0.15) is 0 Å². The molecule has 6 unspecified atom stereocenters. The van der Waals surface area contributed by atoms with E-state index in [1.807, 2.05) is 18.2 Å². The lowest BCUT2D eigenvalue weighted by Gasteiger charge is -2.40. The molecule has 0 radical (unpaired) electrons. The molecule has 0 bridgehead atoms. The van der Waals surface area contributed by atoms with Crippen molar-refractivity contribution < 1.29 is 58.2 Å². The van der Waals surface area contributed by atoms with Crippen LogP contribution in [0.2, 0.25) is 0 Å². The number of hydrogen-bond donors (Lipinski definition) is 3. The van der Waals surface area contributed by atoms with E-state index in [9.17, 15) is 34.5 Å². The standard InChI is InChI=1S/C69H104O12/c1-4-7-10-13-16-19-22-25-28-31-34-37-40-43-46-49-52-55-61(70)77-58-60(79-62(71)56-53-50-47-44-41-38-35-32-29-26-23-20-17-14-11-8-5-2)59-78-69-67(65(74)64(73)66(81-69)68(75)76)80-63(72)57-54-51-48-45-42-39-36-33-30-27-24-21-18-15-12-9-6-3/h7-12,16-21,25-30,34,36-37,39,43,45-46,48,60,64-67,69,73-74H,4-6,13-15,22-24,31-33,35,38,40-42,44,47,49-59H2,1-3H3,(H,75,76)/b10-7-,11-8-,12-9-,19-16-,20-17-,21-18-,28-25-,29-26-,30-27-,37-34-,39-36-,46-43-,48-45-. The fourth-order valence-corrected chi connectivity index (χ4v) is 8.04. The van der Waals surface area contributed by atoms with Crippen molar-refractivity contribution in [3.63, 3.8) is 0 Å². The van der Waals surface area contributed by atoms with E-state index in [0.29, 0.717) is 32.1 Å². The Labute approximate surface area is 488 Å². The first-order valence-corrected chi connectivity index (χ1v) is 30.5. The number of unbranched alkanes of at least 4 members (excludes halogenated alkanes) is 9. The molecule has 1 aliphatic rings. The summed E-state index contributed by atoms with van der Waals surface area (Å²) < 4.78 is 28.3. The second-order valence-electron chi connectivity index (χ2n) is 19.8. The zero-order valence-corrected chi connectivity index (χ0v) is 49.7. The number of allylic oxidation sites excluding steroid dienone is 26. The van der Waals surface area contributed by atoms with Gasteiger partial charge < -0.3 is 39.0 Å². The molecule has 1 heterocycles.